The minimum Gasteiger partial charge on any atom is -0.496 e. The van der Waals surface area contributed by atoms with E-state index in [9.17, 15) is 4.79 Å². The first kappa shape index (κ1) is 17.9. The van der Waals surface area contributed by atoms with Gasteiger partial charge in [0.25, 0.3) is 5.56 Å². The average molecular weight is 395 g/mol. The first-order chi connectivity index (χ1) is 14.7. The molecule has 0 aliphatic rings. The first-order valence-corrected chi connectivity index (χ1v) is 9.43. The summed E-state index contributed by atoms with van der Waals surface area (Å²) in [4.78, 5) is 17.9. The topological polar surface area (TPSA) is 69.6 Å². The maximum absolute atomic E-state index is 13.2. The largest absolute Gasteiger partial charge is 0.496 e. The molecule has 0 aliphatic carbocycles. The predicted octanol–water partition coefficient (Wildman–Crippen LogP) is 4.70. The number of para-hydroxylation sites is 1. The molecule has 0 saturated carbocycles. The van der Waals surface area contributed by atoms with Crippen LogP contribution in [-0.4, -0.2) is 23.0 Å². The Balaban J connectivity index is 1.76. The molecule has 0 aliphatic heterocycles. The van der Waals surface area contributed by atoms with E-state index in [1.165, 1.54) is 4.68 Å². The van der Waals surface area contributed by atoms with Gasteiger partial charge in [-0.1, -0.05) is 48.5 Å². The van der Waals surface area contributed by atoms with Gasteiger partial charge in [0.15, 0.2) is 5.76 Å². The highest BCUT2D eigenvalue weighted by Gasteiger charge is 2.17. The van der Waals surface area contributed by atoms with Crippen LogP contribution in [0.3, 0.4) is 0 Å². The summed E-state index contributed by atoms with van der Waals surface area (Å²) >= 11 is 0. The van der Waals surface area contributed by atoms with E-state index in [0.717, 1.165) is 10.9 Å². The molecular formula is C24H17N3O3. The number of aromatic nitrogens is 2. The van der Waals surface area contributed by atoms with Crippen LogP contribution >= 0.6 is 0 Å². The normalized spacial score (nSPS) is 11.5. The lowest BCUT2D eigenvalue weighted by molar-refractivity contribution is 0.419. The van der Waals surface area contributed by atoms with Crippen molar-refractivity contribution in [3.63, 3.8) is 0 Å². The molecule has 0 bridgehead atoms. The molecule has 0 N–H and O–H groups in total. The smallest absolute Gasteiger partial charge is 0.282 e. The molecule has 0 amide bonds. The molecule has 146 valence electrons. The molecule has 5 aromatic rings. The summed E-state index contributed by atoms with van der Waals surface area (Å²) in [6.45, 7) is 0. The van der Waals surface area contributed by atoms with Gasteiger partial charge in [0.05, 0.1) is 29.6 Å². The third-order valence-corrected chi connectivity index (χ3v) is 4.84. The van der Waals surface area contributed by atoms with Crippen molar-refractivity contribution in [2.75, 3.05) is 7.11 Å². The molecule has 6 nitrogen and oxygen atoms in total. The minimum atomic E-state index is -0.268. The number of benzene rings is 3. The standard InChI is InChI=1S/C24H17N3O3/c1-29-20-12-7-13-21-18(20)14-22(30-21)23-26-19-11-6-5-10-17(19)24(28)27(23)25-15-16-8-3-2-4-9-16/h2-15H,1H3. The second-order valence-corrected chi connectivity index (χ2v) is 6.71. The zero-order valence-electron chi connectivity index (χ0n) is 16.1. The van der Waals surface area contributed by atoms with Crippen LogP contribution in [0.25, 0.3) is 33.5 Å². The number of nitrogens with zero attached hydrogens (tertiary/aromatic N) is 3. The lowest BCUT2D eigenvalue weighted by Crippen LogP contribution is -2.20. The summed E-state index contributed by atoms with van der Waals surface area (Å²) in [5.41, 5.74) is 1.83. The monoisotopic (exact) mass is 395 g/mol. The second kappa shape index (κ2) is 7.33. The van der Waals surface area contributed by atoms with E-state index in [1.807, 2.05) is 66.7 Å². The van der Waals surface area contributed by atoms with Gasteiger partial charge < -0.3 is 9.15 Å². The number of rotatable bonds is 4. The van der Waals surface area contributed by atoms with E-state index in [-0.39, 0.29) is 5.56 Å². The highest BCUT2D eigenvalue weighted by Crippen LogP contribution is 2.32. The number of ether oxygens (including phenoxy) is 1. The minimum absolute atomic E-state index is 0.268. The van der Waals surface area contributed by atoms with Gasteiger partial charge in [0.2, 0.25) is 5.82 Å². The second-order valence-electron chi connectivity index (χ2n) is 6.71. The van der Waals surface area contributed by atoms with E-state index < -0.39 is 0 Å². The molecule has 0 unspecified atom stereocenters. The molecule has 6 heteroatoms. The predicted molar refractivity (Wildman–Crippen MR) is 117 cm³/mol. The van der Waals surface area contributed by atoms with Gasteiger partial charge in [-0.05, 0) is 35.9 Å². The lowest BCUT2D eigenvalue weighted by Gasteiger charge is -2.07. The number of hydrogen-bond donors (Lipinski definition) is 0. The van der Waals surface area contributed by atoms with Crippen molar-refractivity contribution < 1.29 is 9.15 Å². The highest BCUT2D eigenvalue weighted by molar-refractivity contribution is 5.88. The summed E-state index contributed by atoms with van der Waals surface area (Å²) in [6, 6.07) is 24.1. The van der Waals surface area contributed by atoms with Crippen LogP contribution in [0.5, 0.6) is 5.75 Å². The Morgan fingerprint density at radius 2 is 1.77 bits per heavy atom. The molecule has 0 spiro atoms. The molecule has 0 fully saturated rings. The molecule has 3 aromatic carbocycles. The molecule has 2 aromatic heterocycles. The molecule has 0 atom stereocenters. The Morgan fingerprint density at radius 1 is 0.967 bits per heavy atom. The highest BCUT2D eigenvalue weighted by atomic mass is 16.5. The van der Waals surface area contributed by atoms with Crippen molar-refractivity contribution in [1.29, 1.82) is 0 Å². The molecule has 30 heavy (non-hydrogen) atoms. The summed E-state index contributed by atoms with van der Waals surface area (Å²) in [5.74, 6) is 1.44. The summed E-state index contributed by atoms with van der Waals surface area (Å²) < 4.78 is 12.7. The van der Waals surface area contributed by atoms with E-state index >= 15 is 0 Å². The number of methoxy groups -OCH3 is 1. The number of fused-ring (bicyclic) bond motifs is 2. The molecule has 0 radical (unpaired) electrons. The van der Waals surface area contributed by atoms with Crippen LogP contribution in [0.2, 0.25) is 0 Å². The lowest BCUT2D eigenvalue weighted by atomic mass is 10.2. The quantitative estimate of drug-likeness (QED) is 0.414. The third kappa shape index (κ3) is 3.04. The van der Waals surface area contributed by atoms with Crippen LogP contribution < -0.4 is 10.3 Å². The van der Waals surface area contributed by atoms with Crippen molar-refractivity contribution in [3.05, 3.63) is 94.8 Å². The molecule has 0 saturated heterocycles. The van der Waals surface area contributed by atoms with E-state index in [2.05, 4.69) is 10.1 Å². The van der Waals surface area contributed by atoms with Gasteiger partial charge in [-0.3, -0.25) is 4.79 Å². The van der Waals surface area contributed by atoms with Gasteiger partial charge in [0, 0.05) is 0 Å². The number of furan rings is 1. The van der Waals surface area contributed by atoms with E-state index in [0.29, 0.717) is 33.8 Å². The summed E-state index contributed by atoms with van der Waals surface area (Å²) in [7, 11) is 1.61. The Bertz CT molecular complexity index is 1450. The number of hydrogen-bond acceptors (Lipinski definition) is 5. The molecule has 5 rings (SSSR count). The Hall–Kier alpha value is -4.19. The van der Waals surface area contributed by atoms with Crippen molar-refractivity contribution in [3.8, 4) is 17.3 Å². The van der Waals surface area contributed by atoms with Crippen molar-refractivity contribution in [1.82, 2.24) is 9.66 Å². The fraction of sp³-hybridized carbons (Fsp3) is 0.0417. The van der Waals surface area contributed by atoms with Crippen LogP contribution in [0.4, 0.5) is 0 Å². The van der Waals surface area contributed by atoms with Gasteiger partial charge >= 0.3 is 0 Å². The van der Waals surface area contributed by atoms with Crippen molar-refractivity contribution in [2.45, 2.75) is 0 Å². The maximum atomic E-state index is 13.2. The van der Waals surface area contributed by atoms with Gasteiger partial charge in [-0.25, -0.2) is 4.98 Å². The van der Waals surface area contributed by atoms with Crippen molar-refractivity contribution >= 4 is 28.1 Å². The molecule has 2 heterocycles. The van der Waals surface area contributed by atoms with Gasteiger partial charge in [0.1, 0.15) is 11.3 Å². The fourth-order valence-electron chi connectivity index (χ4n) is 3.38. The summed E-state index contributed by atoms with van der Waals surface area (Å²) in [5, 5.41) is 5.73. The maximum Gasteiger partial charge on any atom is 0.282 e. The van der Waals surface area contributed by atoms with E-state index in [4.69, 9.17) is 9.15 Å². The van der Waals surface area contributed by atoms with Gasteiger partial charge in [-0.15, -0.1) is 0 Å². The van der Waals surface area contributed by atoms with E-state index in [1.54, 1.807) is 25.5 Å². The third-order valence-electron chi connectivity index (χ3n) is 4.84. The average Bonchev–Trinajstić information content (AvgIpc) is 3.23. The zero-order valence-corrected chi connectivity index (χ0v) is 16.1. The van der Waals surface area contributed by atoms with Crippen LogP contribution in [0, 0.1) is 0 Å². The Morgan fingerprint density at radius 3 is 2.60 bits per heavy atom. The molecular weight excluding hydrogens is 378 g/mol. The van der Waals surface area contributed by atoms with Crippen molar-refractivity contribution in [2.24, 2.45) is 5.10 Å². The van der Waals surface area contributed by atoms with Gasteiger partial charge in [-0.2, -0.15) is 9.78 Å². The SMILES string of the molecule is COc1cccc2oc(-c3nc4ccccc4c(=O)n3N=Cc3ccccc3)cc12. The van der Waals surface area contributed by atoms with Crippen LogP contribution in [0.1, 0.15) is 5.56 Å². The first-order valence-electron chi connectivity index (χ1n) is 9.43. The Labute approximate surface area is 171 Å². The summed E-state index contributed by atoms with van der Waals surface area (Å²) in [6.07, 6.45) is 1.63. The Kier molecular flexibility index (Phi) is 4.37. The van der Waals surface area contributed by atoms with Crippen LogP contribution in [-0.2, 0) is 0 Å². The zero-order chi connectivity index (χ0) is 20.5. The van der Waals surface area contributed by atoms with Crippen LogP contribution in [0.15, 0.2) is 93.2 Å². The fourth-order valence-corrected chi connectivity index (χ4v) is 3.38.